The fraction of sp³-hybridized carbons (Fsp3) is 0.719. The second-order valence-corrected chi connectivity index (χ2v) is 12.8. The van der Waals surface area contributed by atoms with E-state index >= 15 is 0 Å². The van der Waals surface area contributed by atoms with Crippen LogP contribution >= 0.6 is 0 Å². The second kappa shape index (κ2) is 12.3. The highest BCUT2D eigenvalue weighted by atomic mass is 16.2. The van der Waals surface area contributed by atoms with Crippen LogP contribution in [0.2, 0.25) is 0 Å². The minimum atomic E-state index is 0.166. The smallest absolute Gasteiger partial charge is 0.317 e. The van der Waals surface area contributed by atoms with Crippen LogP contribution in [0.4, 0.5) is 4.79 Å². The van der Waals surface area contributed by atoms with Crippen molar-refractivity contribution in [2.24, 2.45) is 17.3 Å². The number of aryl methyl sites for hydroxylation is 1. The van der Waals surface area contributed by atoms with E-state index in [9.17, 15) is 4.79 Å². The Morgan fingerprint density at radius 3 is 2.49 bits per heavy atom. The Labute approximate surface area is 225 Å². The molecule has 1 N–H and O–H groups in total. The molecular weight excluding hydrogens is 456 g/mol. The maximum atomic E-state index is 12.8. The number of benzene rings is 1. The SMILES string of the molecule is CC1(C)C2CC=C(CN(CCCc3ccccc3)CCN3CCN(C(=O)NC4CCCCC4)CC3)C1C2. The lowest BCUT2D eigenvalue weighted by atomic mass is 9.49. The molecule has 3 fully saturated rings. The van der Waals surface area contributed by atoms with Gasteiger partial charge in [-0.1, -0.05) is 75.1 Å². The normalized spacial score (nSPS) is 26.0. The lowest BCUT2D eigenvalue weighted by Crippen LogP contribution is -2.54. The van der Waals surface area contributed by atoms with Gasteiger partial charge in [0.15, 0.2) is 0 Å². The molecule has 4 aliphatic carbocycles. The molecule has 1 aliphatic heterocycles. The monoisotopic (exact) mass is 506 g/mol. The van der Waals surface area contributed by atoms with Gasteiger partial charge >= 0.3 is 6.03 Å². The van der Waals surface area contributed by atoms with Gasteiger partial charge in [-0.15, -0.1) is 0 Å². The molecule has 2 unspecified atom stereocenters. The predicted molar refractivity (Wildman–Crippen MR) is 153 cm³/mol. The van der Waals surface area contributed by atoms with Crippen LogP contribution in [0, 0.1) is 17.3 Å². The molecule has 2 bridgehead atoms. The molecule has 1 heterocycles. The van der Waals surface area contributed by atoms with Gasteiger partial charge in [-0.05, 0) is 67.9 Å². The number of allylic oxidation sites excluding steroid dienone is 1. The maximum Gasteiger partial charge on any atom is 0.317 e. The second-order valence-electron chi connectivity index (χ2n) is 12.8. The number of rotatable bonds is 10. The van der Waals surface area contributed by atoms with E-state index in [2.05, 4.69) is 65.4 Å². The number of hydrogen-bond donors (Lipinski definition) is 1. The number of carbonyl (C=O) groups excluding carboxylic acids is 1. The van der Waals surface area contributed by atoms with Gasteiger partial charge in [0, 0.05) is 51.9 Å². The molecule has 2 atom stereocenters. The van der Waals surface area contributed by atoms with Crippen LogP contribution in [-0.2, 0) is 6.42 Å². The van der Waals surface area contributed by atoms with Crippen molar-refractivity contribution < 1.29 is 4.79 Å². The van der Waals surface area contributed by atoms with Gasteiger partial charge in [0.05, 0.1) is 0 Å². The van der Waals surface area contributed by atoms with E-state index < -0.39 is 0 Å². The van der Waals surface area contributed by atoms with E-state index in [0.29, 0.717) is 11.5 Å². The molecule has 2 amide bonds. The molecular formula is C32H50N4O. The summed E-state index contributed by atoms with van der Waals surface area (Å²) in [7, 11) is 0. The van der Waals surface area contributed by atoms with Crippen molar-refractivity contribution in [3.63, 3.8) is 0 Å². The first-order chi connectivity index (χ1) is 18.0. The van der Waals surface area contributed by atoms with E-state index in [1.807, 2.05) is 4.90 Å². The van der Waals surface area contributed by atoms with Crippen molar-refractivity contribution in [1.29, 1.82) is 0 Å². The average Bonchev–Trinajstić information content (AvgIpc) is 2.93. The number of nitrogens with one attached hydrogen (secondary N) is 1. The number of nitrogens with zero attached hydrogens (tertiary/aromatic N) is 3. The van der Waals surface area contributed by atoms with Crippen LogP contribution in [0.3, 0.4) is 0 Å². The molecule has 0 spiro atoms. The number of piperazine rings is 1. The highest BCUT2D eigenvalue weighted by molar-refractivity contribution is 5.74. The third kappa shape index (κ3) is 6.78. The minimum absolute atomic E-state index is 0.166. The van der Waals surface area contributed by atoms with E-state index in [1.165, 1.54) is 44.1 Å². The zero-order valence-corrected chi connectivity index (χ0v) is 23.5. The van der Waals surface area contributed by atoms with Gasteiger partial charge in [-0.3, -0.25) is 9.80 Å². The molecule has 204 valence electrons. The first kappa shape index (κ1) is 26.7. The third-order valence-electron chi connectivity index (χ3n) is 10.1. The van der Waals surface area contributed by atoms with Crippen molar-refractivity contribution in [3.05, 3.63) is 47.5 Å². The summed E-state index contributed by atoms with van der Waals surface area (Å²) >= 11 is 0. The molecule has 1 aromatic carbocycles. The summed E-state index contributed by atoms with van der Waals surface area (Å²) in [4.78, 5) is 20.1. The summed E-state index contributed by atoms with van der Waals surface area (Å²) in [5.41, 5.74) is 3.65. The highest BCUT2D eigenvalue weighted by Gasteiger charge is 2.51. The van der Waals surface area contributed by atoms with Gasteiger partial charge in [0.2, 0.25) is 0 Å². The zero-order chi connectivity index (χ0) is 25.7. The molecule has 5 heteroatoms. The Morgan fingerprint density at radius 2 is 1.78 bits per heavy atom. The molecule has 2 saturated carbocycles. The van der Waals surface area contributed by atoms with Crippen molar-refractivity contribution in [2.75, 3.05) is 52.4 Å². The number of hydrogen-bond acceptors (Lipinski definition) is 3. The Bertz CT molecular complexity index is 899. The highest BCUT2D eigenvalue weighted by Crippen LogP contribution is 2.59. The van der Waals surface area contributed by atoms with E-state index in [4.69, 9.17) is 0 Å². The average molecular weight is 507 g/mol. The first-order valence-corrected chi connectivity index (χ1v) is 15.2. The molecule has 37 heavy (non-hydrogen) atoms. The third-order valence-corrected chi connectivity index (χ3v) is 10.1. The summed E-state index contributed by atoms with van der Waals surface area (Å²) in [6, 6.07) is 11.5. The minimum Gasteiger partial charge on any atom is -0.335 e. The lowest BCUT2D eigenvalue weighted by Gasteiger charge is -2.57. The quantitative estimate of drug-likeness (QED) is 0.422. The van der Waals surface area contributed by atoms with Gasteiger partial charge in [-0.25, -0.2) is 4.79 Å². The molecule has 1 aromatic rings. The summed E-state index contributed by atoms with van der Waals surface area (Å²) in [6.45, 7) is 13.2. The number of fused-ring (bicyclic) bond motifs is 1. The van der Waals surface area contributed by atoms with E-state index in [1.54, 1.807) is 5.57 Å². The molecule has 6 rings (SSSR count). The topological polar surface area (TPSA) is 38.8 Å². The van der Waals surface area contributed by atoms with Gasteiger partial charge in [0.25, 0.3) is 0 Å². The van der Waals surface area contributed by atoms with Crippen LogP contribution in [0.1, 0.15) is 70.8 Å². The Kier molecular flexibility index (Phi) is 8.92. The molecule has 0 aromatic heterocycles. The Balaban J connectivity index is 1.09. The fourth-order valence-corrected chi connectivity index (χ4v) is 7.31. The predicted octanol–water partition coefficient (Wildman–Crippen LogP) is 5.57. The Hall–Kier alpha value is -1.85. The summed E-state index contributed by atoms with van der Waals surface area (Å²) < 4.78 is 0. The molecule has 5 aliphatic rings. The van der Waals surface area contributed by atoms with Crippen LogP contribution in [0.15, 0.2) is 42.0 Å². The van der Waals surface area contributed by atoms with Crippen molar-refractivity contribution in [2.45, 2.75) is 77.7 Å². The fourth-order valence-electron chi connectivity index (χ4n) is 7.31. The number of amides is 2. The molecule has 0 radical (unpaired) electrons. The van der Waals surface area contributed by atoms with Crippen LogP contribution in [0.25, 0.3) is 0 Å². The number of carbonyl (C=O) groups is 1. The zero-order valence-electron chi connectivity index (χ0n) is 23.5. The summed E-state index contributed by atoms with van der Waals surface area (Å²) in [5, 5.41) is 3.30. The van der Waals surface area contributed by atoms with Crippen LogP contribution in [0.5, 0.6) is 0 Å². The largest absolute Gasteiger partial charge is 0.335 e. The molecule has 1 saturated heterocycles. The van der Waals surface area contributed by atoms with E-state index in [-0.39, 0.29) is 6.03 Å². The van der Waals surface area contributed by atoms with Gasteiger partial charge in [0.1, 0.15) is 0 Å². The number of urea groups is 1. The summed E-state index contributed by atoms with van der Waals surface area (Å²) in [5.74, 6) is 1.69. The van der Waals surface area contributed by atoms with Crippen LogP contribution < -0.4 is 5.32 Å². The van der Waals surface area contributed by atoms with Gasteiger partial charge in [-0.2, -0.15) is 0 Å². The van der Waals surface area contributed by atoms with Crippen molar-refractivity contribution in [3.8, 4) is 0 Å². The van der Waals surface area contributed by atoms with Gasteiger partial charge < -0.3 is 10.2 Å². The van der Waals surface area contributed by atoms with Crippen LogP contribution in [-0.4, -0.2) is 79.1 Å². The van der Waals surface area contributed by atoms with Crippen molar-refractivity contribution in [1.82, 2.24) is 20.0 Å². The standard InChI is InChI=1S/C32H50N4O/c1-32(2)28-16-15-27(30(32)24-28)25-35(17-9-12-26-10-5-3-6-11-26)19-18-34-20-22-36(23-21-34)31(37)33-29-13-7-4-8-14-29/h3,5-6,10-11,15,28-30H,4,7-9,12-14,16-25H2,1-2H3,(H,33,37). The maximum absolute atomic E-state index is 12.8. The Morgan fingerprint density at radius 1 is 1.03 bits per heavy atom. The van der Waals surface area contributed by atoms with Crippen molar-refractivity contribution >= 4 is 6.03 Å². The lowest BCUT2D eigenvalue weighted by molar-refractivity contribution is -0.0109. The summed E-state index contributed by atoms with van der Waals surface area (Å²) in [6.07, 6.45) is 13.8. The van der Waals surface area contributed by atoms with E-state index in [0.717, 1.165) is 83.5 Å². The molecule has 5 nitrogen and oxygen atoms in total. The first-order valence-electron chi connectivity index (χ1n) is 15.2.